The van der Waals surface area contributed by atoms with Crippen LogP contribution >= 0.6 is 0 Å². The van der Waals surface area contributed by atoms with Gasteiger partial charge in [-0.1, -0.05) is 42.5 Å². The average molecular weight is 325 g/mol. The molecule has 24 heavy (non-hydrogen) atoms. The van der Waals surface area contributed by atoms with Crippen LogP contribution in [0.15, 0.2) is 59.6 Å². The molecule has 1 aliphatic rings. The lowest BCUT2D eigenvalue weighted by atomic mass is 10.0. The number of ether oxygens (including phenoxy) is 3. The molecule has 3 rings (SSSR count). The van der Waals surface area contributed by atoms with Gasteiger partial charge in [-0.25, -0.2) is 9.79 Å². The number of aliphatic imine (C=N–C) groups is 1. The van der Waals surface area contributed by atoms with E-state index in [0.717, 1.165) is 16.9 Å². The molecule has 0 aromatic heterocycles. The van der Waals surface area contributed by atoms with Gasteiger partial charge in [0.05, 0.1) is 7.11 Å². The molecular formula is C19H19NO4. The van der Waals surface area contributed by atoms with Crippen molar-refractivity contribution >= 4 is 11.9 Å². The fourth-order valence-electron chi connectivity index (χ4n) is 2.58. The van der Waals surface area contributed by atoms with Crippen molar-refractivity contribution in [1.82, 2.24) is 0 Å². The summed E-state index contributed by atoms with van der Waals surface area (Å²) >= 11 is 0. The number of carbonyl (C=O) groups is 1. The van der Waals surface area contributed by atoms with E-state index >= 15 is 0 Å². The first-order valence-corrected chi connectivity index (χ1v) is 7.73. The maximum atomic E-state index is 12.4. The summed E-state index contributed by atoms with van der Waals surface area (Å²) in [6.07, 6.45) is -0.473. The van der Waals surface area contributed by atoms with E-state index in [1.165, 1.54) is 0 Å². The first-order chi connectivity index (χ1) is 11.7. The fraction of sp³-hybridized carbons (Fsp3) is 0.263. The number of hydrogen-bond donors (Lipinski definition) is 0. The Labute approximate surface area is 140 Å². The normalized spacial score (nSPS) is 19.3. The average Bonchev–Trinajstić information content (AvgIpc) is 3.02. The van der Waals surface area contributed by atoms with Gasteiger partial charge in [-0.3, -0.25) is 0 Å². The minimum Gasteiger partial charge on any atom is -0.497 e. The molecule has 0 N–H and O–H groups in total. The summed E-state index contributed by atoms with van der Waals surface area (Å²) in [4.78, 5) is 16.7. The molecule has 0 amide bonds. The Morgan fingerprint density at radius 3 is 2.50 bits per heavy atom. The van der Waals surface area contributed by atoms with Crippen LogP contribution < -0.4 is 4.74 Å². The predicted molar refractivity (Wildman–Crippen MR) is 90.0 cm³/mol. The third kappa shape index (κ3) is 3.56. The first kappa shape index (κ1) is 16.1. The van der Waals surface area contributed by atoms with Gasteiger partial charge in [0.2, 0.25) is 0 Å². The van der Waals surface area contributed by atoms with Crippen LogP contribution in [0.2, 0.25) is 0 Å². The Bertz CT molecular complexity index is 725. The molecule has 5 nitrogen and oxygen atoms in total. The molecule has 1 heterocycles. The van der Waals surface area contributed by atoms with Gasteiger partial charge in [-0.05, 0) is 23.3 Å². The molecule has 0 bridgehead atoms. The summed E-state index contributed by atoms with van der Waals surface area (Å²) in [5.74, 6) is 0.839. The van der Waals surface area contributed by atoms with Crippen LogP contribution in [0.4, 0.5) is 0 Å². The Morgan fingerprint density at radius 2 is 1.83 bits per heavy atom. The van der Waals surface area contributed by atoms with E-state index < -0.39 is 18.1 Å². The quantitative estimate of drug-likeness (QED) is 0.792. The van der Waals surface area contributed by atoms with Crippen molar-refractivity contribution in [3.63, 3.8) is 0 Å². The maximum absolute atomic E-state index is 12.4. The van der Waals surface area contributed by atoms with Crippen molar-refractivity contribution in [1.29, 1.82) is 0 Å². The third-order valence-electron chi connectivity index (χ3n) is 3.81. The van der Waals surface area contributed by atoms with Crippen molar-refractivity contribution in [2.24, 2.45) is 4.99 Å². The Kier molecular flexibility index (Phi) is 4.79. The molecule has 0 saturated carbocycles. The Morgan fingerprint density at radius 1 is 1.12 bits per heavy atom. The van der Waals surface area contributed by atoms with E-state index in [0.29, 0.717) is 5.90 Å². The lowest BCUT2D eigenvalue weighted by Crippen LogP contribution is -2.26. The van der Waals surface area contributed by atoms with Crippen LogP contribution in [0.5, 0.6) is 5.75 Å². The Balaban J connectivity index is 1.70. The molecule has 0 fully saturated rings. The van der Waals surface area contributed by atoms with Crippen molar-refractivity contribution < 1.29 is 19.0 Å². The molecule has 0 aliphatic carbocycles. The lowest BCUT2D eigenvalue weighted by Gasteiger charge is -2.17. The second kappa shape index (κ2) is 7.17. The zero-order valence-corrected chi connectivity index (χ0v) is 13.6. The van der Waals surface area contributed by atoms with E-state index in [1.807, 2.05) is 54.6 Å². The molecule has 2 aromatic carbocycles. The first-order valence-electron chi connectivity index (χ1n) is 7.73. The second-order valence-corrected chi connectivity index (χ2v) is 5.50. The van der Waals surface area contributed by atoms with Gasteiger partial charge in [0.25, 0.3) is 0 Å². The fourth-order valence-corrected chi connectivity index (χ4v) is 2.58. The summed E-state index contributed by atoms with van der Waals surface area (Å²) in [6, 6.07) is 16.3. The zero-order valence-electron chi connectivity index (χ0n) is 13.6. The molecule has 2 unspecified atom stereocenters. The smallest absolute Gasteiger partial charge is 0.335 e. The topological polar surface area (TPSA) is 57.1 Å². The van der Waals surface area contributed by atoms with E-state index in [4.69, 9.17) is 14.2 Å². The number of nitrogens with zero attached hydrogens (tertiary/aromatic N) is 1. The van der Waals surface area contributed by atoms with Crippen LogP contribution in [-0.4, -0.2) is 25.0 Å². The second-order valence-electron chi connectivity index (χ2n) is 5.50. The summed E-state index contributed by atoms with van der Waals surface area (Å²) in [5, 5.41) is 0. The number of carbonyl (C=O) groups excluding carboxylic acids is 1. The van der Waals surface area contributed by atoms with Gasteiger partial charge in [0.1, 0.15) is 12.4 Å². The largest absolute Gasteiger partial charge is 0.497 e. The molecule has 0 radical (unpaired) electrons. The van der Waals surface area contributed by atoms with Crippen molar-refractivity contribution in [3.8, 4) is 5.75 Å². The maximum Gasteiger partial charge on any atom is 0.335 e. The molecular weight excluding hydrogens is 306 g/mol. The predicted octanol–water partition coefficient (Wildman–Crippen LogP) is 3.30. The molecule has 5 heteroatoms. The van der Waals surface area contributed by atoms with Crippen LogP contribution in [0.3, 0.4) is 0 Å². The number of methoxy groups -OCH3 is 1. The van der Waals surface area contributed by atoms with Crippen LogP contribution in [0.1, 0.15) is 24.2 Å². The van der Waals surface area contributed by atoms with Crippen LogP contribution in [0, 0.1) is 0 Å². The number of hydrogen-bond acceptors (Lipinski definition) is 5. The third-order valence-corrected chi connectivity index (χ3v) is 3.81. The number of benzene rings is 2. The Hall–Kier alpha value is -2.82. The van der Waals surface area contributed by atoms with Gasteiger partial charge < -0.3 is 14.2 Å². The lowest BCUT2D eigenvalue weighted by molar-refractivity contribution is -0.148. The molecule has 124 valence electrons. The van der Waals surface area contributed by atoms with Crippen LogP contribution in [-0.2, 0) is 20.9 Å². The molecule has 2 atom stereocenters. The highest BCUT2D eigenvalue weighted by Crippen LogP contribution is 2.31. The highest BCUT2D eigenvalue weighted by Gasteiger charge is 2.37. The monoisotopic (exact) mass is 325 g/mol. The highest BCUT2D eigenvalue weighted by atomic mass is 16.5. The van der Waals surface area contributed by atoms with Crippen LogP contribution in [0.25, 0.3) is 0 Å². The number of rotatable bonds is 5. The standard InChI is InChI=1S/C19H19NO4/c1-13-20-17(19(21)23-12-14-6-4-3-5-7-14)18(24-13)15-8-10-16(22-2)11-9-15/h3-11,17-18H,12H2,1-2H3. The van der Waals surface area contributed by atoms with Gasteiger partial charge >= 0.3 is 5.97 Å². The van der Waals surface area contributed by atoms with E-state index in [-0.39, 0.29) is 6.61 Å². The molecule has 1 aliphatic heterocycles. The van der Waals surface area contributed by atoms with E-state index in [9.17, 15) is 4.79 Å². The van der Waals surface area contributed by atoms with Crippen molar-refractivity contribution in [2.45, 2.75) is 25.7 Å². The SMILES string of the molecule is COc1ccc(C2OC(C)=NC2C(=O)OCc2ccccc2)cc1. The summed E-state index contributed by atoms with van der Waals surface area (Å²) in [6.45, 7) is 1.96. The van der Waals surface area contributed by atoms with Gasteiger partial charge in [0.15, 0.2) is 18.0 Å². The summed E-state index contributed by atoms with van der Waals surface area (Å²) in [5.41, 5.74) is 1.80. The van der Waals surface area contributed by atoms with Crippen molar-refractivity contribution in [3.05, 3.63) is 65.7 Å². The minimum atomic E-state index is -0.692. The highest BCUT2D eigenvalue weighted by molar-refractivity contribution is 5.85. The molecule has 0 saturated heterocycles. The minimum absolute atomic E-state index is 0.222. The van der Waals surface area contributed by atoms with E-state index in [1.54, 1.807) is 14.0 Å². The number of esters is 1. The molecule has 2 aromatic rings. The van der Waals surface area contributed by atoms with Gasteiger partial charge in [0, 0.05) is 6.92 Å². The van der Waals surface area contributed by atoms with Gasteiger partial charge in [-0.15, -0.1) is 0 Å². The molecule has 0 spiro atoms. The summed E-state index contributed by atoms with van der Waals surface area (Å²) in [7, 11) is 1.61. The van der Waals surface area contributed by atoms with E-state index in [2.05, 4.69) is 4.99 Å². The van der Waals surface area contributed by atoms with Gasteiger partial charge in [-0.2, -0.15) is 0 Å². The van der Waals surface area contributed by atoms with Crippen molar-refractivity contribution in [2.75, 3.05) is 7.11 Å². The summed E-state index contributed by atoms with van der Waals surface area (Å²) < 4.78 is 16.3. The zero-order chi connectivity index (χ0) is 16.9.